The summed E-state index contributed by atoms with van der Waals surface area (Å²) < 4.78 is 1.95. The van der Waals surface area contributed by atoms with Gasteiger partial charge in [0.05, 0.1) is 23.6 Å². The fourth-order valence-electron chi connectivity index (χ4n) is 5.64. The van der Waals surface area contributed by atoms with Crippen molar-refractivity contribution in [3.05, 3.63) is 81.9 Å². The molecule has 0 spiro atoms. The number of carbonyl (C=O) groups is 1. The van der Waals surface area contributed by atoms with Gasteiger partial charge in [-0.25, -0.2) is 4.98 Å². The summed E-state index contributed by atoms with van der Waals surface area (Å²) in [5.74, 6) is 0.350. The number of fused-ring (bicyclic) bond motifs is 4. The van der Waals surface area contributed by atoms with Crippen LogP contribution in [0.3, 0.4) is 0 Å². The van der Waals surface area contributed by atoms with E-state index in [1.807, 2.05) is 28.8 Å². The van der Waals surface area contributed by atoms with Crippen LogP contribution in [-0.2, 0) is 12.0 Å². The minimum Gasteiger partial charge on any atom is -0.364 e. The lowest BCUT2D eigenvalue weighted by Crippen LogP contribution is -2.32. The van der Waals surface area contributed by atoms with Crippen LogP contribution in [0.4, 0.5) is 0 Å². The van der Waals surface area contributed by atoms with E-state index in [0.29, 0.717) is 22.7 Å². The zero-order valence-corrected chi connectivity index (χ0v) is 17.2. The molecule has 0 unspecified atom stereocenters. The smallest absolute Gasteiger partial charge is 0.269 e. The number of imidazole rings is 1. The van der Waals surface area contributed by atoms with Crippen molar-refractivity contribution >= 4 is 23.2 Å². The molecule has 1 aromatic heterocycles. The number of hydrogen-bond acceptors (Lipinski definition) is 3. The van der Waals surface area contributed by atoms with Crippen molar-refractivity contribution in [2.45, 2.75) is 37.6 Å². The van der Waals surface area contributed by atoms with Gasteiger partial charge < -0.3 is 5.73 Å². The standard InChI is InChI=1S/C24H21ClN4O/c25-18-4-2-1-3-16(18)21-17-9-15(24-8-7-14(10-24)11-24)5-6-19(17)29-13-28-22(23(26)30)20(29)12-27-21/h1-6,9,13-14H,7-8,10-12H2,(H2,26,30)/t14-,24-. The Balaban J connectivity index is 1.59. The molecule has 7 rings (SSSR count). The van der Waals surface area contributed by atoms with E-state index in [4.69, 9.17) is 22.3 Å². The molecule has 2 heterocycles. The molecule has 6 heteroatoms. The van der Waals surface area contributed by atoms with Crippen LogP contribution in [0.5, 0.6) is 0 Å². The summed E-state index contributed by atoms with van der Waals surface area (Å²) in [5, 5.41) is 0.662. The Morgan fingerprint density at radius 1 is 1.17 bits per heavy atom. The molecule has 3 aliphatic carbocycles. The van der Waals surface area contributed by atoms with Crippen LogP contribution in [0.15, 0.2) is 53.8 Å². The summed E-state index contributed by atoms with van der Waals surface area (Å²) >= 11 is 6.57. The number of aliphatic imine (C=N–C) groups is 1. The number of primary amides is 1. The summed E-state index contributed by atoms with van der Waals surface area (Å²) in [6.45, 7) is 0.316. The zero-order valence-electron chi connectivity index (χ0n) is 16.4. The second-order valence-corrected chi connectivity index (χ2v) is 9.15. The second-order valence-electron chi connectivity index (χ2n) is 8.74. The molecule has 3 saturated carbocycles. The van der Waals surface area contributed by atoms with Crippen LogP contribution >= 0.6 is 11.6 Å². The summed E-state index contributed by atoms with van der Waals surface area (Å²) in [6, 6.07) is 14.4. The predicted octanol–water partition coefficient (Wildman–Crippen LogP) is 4.42. The zero-order chi connectivity index (χ0) is 20.5. The highest BCUT2D eigenvalue weighted by atomic mass is 35.5. The van der Waals surface area contributed by atoms with E-state index in [1.54, 1.807) is 6.33 Å². The topological polar surface area (TPSA) is 73.3 Å². The van der Waals surface area contributed by atoms with Gasteiger partial charge in [0.2, 0.25) is 0 Å². The summed E-state index contributed by atoms with van der Waals surface area (Å²) in [7, 11) is 0. The Morgan fingerprint density at radius 2 is 2.00 bits per heavy atom. The van der Waals surface area contributed by atoms with Gasteiger partial charge in [-0.15, -0.1) is 0 Å². The molecule has 2 N–H and O–H groups in total. The minimum absolute atomic E-state index is 0.269. The molecular formula is C24H21ClN4O. The van der Waals surface area contributed by atoms with Crippen molar-refractivity contribution in [2.75, 3.05) is 0 Å². The molecule has 1 aliphatic heterocycles. The third-order valence-electron chi connectivity index (χ3n) is 7.13. The van der Waals surface area contributed by atoms with E-state index in [9.17, 15) is 4.79 Å². The summed E-state index contributed by atoms with van der Waals surface area (Å²) in [6.07, 6.45) is 6.83. The Labute approximate surface area is 179 Å². The number of carbonyl (C=O) groups excluding carboxylic acids is 1. The predicted molar refractivity (Wildman–Crippen MR) is 117 cm³/mol. The Morgan fingerprint density at radius 3 is 2.73 bits per heavy atom. The molecule has 0 saturated heterocycles. The van der Waals surface area contributed by atoms with E-state index < -0.39 is 5.91 Å². The first-order valence-corrected chi connectivity index (χ1v) is 10.7. The molecule has 0 atom stereocenters. The number of aromatic nitrogens is 2. The highest BCUT2D eigenvalue weighted by molar-refractivity contribution is 6.35. The molecule has 5 nitrogen and oxygen atoms in total. The molecule has 30 heavy (non-hydrogen) atoms. The van der Waals surface area contributed by atoms with Crippen molar-refractivity contribution < 1.29 is 4.79 Å². The van der Waals surface area contributed by atoms with E-state index >= 15 is 0 Å². The molecule has 4 aliphatic rings. The van der Waals surface area contributed by atoms with Gasteiger partial charge in [0.25, 0.3) is 5.91 Å². The SMILES string of the molecule is NC(=O)c1ncn2c1CN=C(c1ccccc1Cl)c1cc([C@]34CC[C@H](C3)C4)ccc1-2. The molecule has 3 aromatic rings. The maximum Gasteiger partial charge on any atom is 0.269 e. The Hall–Kier alpha value is -2.92. The fraction of sp³-hybridized carbons (Fsp3) is 0.292. The largest absolute Gasteiger partial charge is 0.364 e. The minimum atomic E-state index is -0.538. The average molecular weight is 417 g/mol. The lowest BCUT2D eigenvalue weighted by molar-refractivity contribution is 0.0995. The van der Waals surface area contributed by atoms with Crippen LogP contribution < -0.4 is 5.73 Å². The van der Waals surface area contributed by atoms with Gasteiger partial charge in [0, 0.05) is 16.1 Å². The normalized spacial score (nSPS) is 23.8. The lowest BCUT2D eigenvalue weighted by Gasteiger charge is -2.39. The third kappa shape index (κ3) is 2.45. The van der Waals surface area contributed by atoms with Crippen molar-refractivity contribution in [1.29, 1.82) is 0 Å². The summed E-state index contributed by atoms with van der Waals surface area (Å²) in [4.78, 5) is 21.1. The number of nitrogens with zero attached hydrogens (tertiary/aromatic N) is 3. The van der Waals surface area contributed by atoms with Crippen molar-refractivity contribution in [3.63, 3.8) is 0 Å². The Kier molecular flexibility index (Phi) is 3.75. The first-order valence-electron chi connectivity index (χ1n) is 10.4. The third-order valence-corrected chi connectivity index (χ3v) is 7.46. The van der Waals surface area contributed by atoms with Gasteiger partial charge in [-0.1, -0.05) is 35.9 Å². The summed E-state index contributed by atoms with van der Waals surface area (Å²) in [5.41, 5.74) is 12.0. The maximum absolute atomic E-state index is 11.9. The number of halogens is 1. The molecule has 3 fully saturated rings. The average Bonchev–Trinajstić information content (AvgIpc) is 3.41. The molecule has 1 amide bonds. The van der Waals surface area contributed by atoms with Gasteiger partial charge in [-0.2, -0.15) is 0 Å². The molecule has 150 valence electrons. The molecule has 2 bridgehead atoms. The second kappa shape index (κ2) is 6.29. The van der Waals surface area contributed by atoms with Crippen LogP contribution in [-0.4, -0.2) is 21.2 Å². The quantitative estimate of drug-likeness (QED) is 0.686. The molecule has 2 aromatic carbocycles. The van der Waals surface area contributed by atoms with Gasteiger partial charge in [-0.05, 0) is 60.8 Å². The van der Waals surface area contributed by atoms with Crippen molar-refractivity contribution in [1.82, 2.24) is 9.55 Å². The van der Waals surface area contributed by atoms with Gasteiger partial charge in [0.15, 0.2) is 5.69 Å². The van der Waals surface area contributed by atoms with E-state index in [1.165, 1.54) is 31.2 Å². The highest BCUT2D eigenvalue weighted by Crippen LogP contribution is 2.60. The number of nitrogens with two attached hydrogens (primary N) is 1. The van der Waals surface area contributed by atoms with Gasteiger partial charge in [-0.3, -0.25) is 14.4 Å². The number of rotatable bonds is 3. The van der Waals surface area contributed by atoms with Crippen LogP contribution in [0, 0.1) is 5.92 Å². The monoisotopic (exact) mass is 416 g/mol. The maximum atomic E-state index is 11.9. The van der Waals surface area contributed by atoms with Crippen LogP contribution in [0.2, 0.25) is 5.02 Å². The Bertz CT molecular complexity index is 1230. The molecule has 0 radical (unpaired) electrons. The first-order chi connectivity index (χ1) is 14.6. The van der Waals surface area contributed by atoms with Crippen LogP contribution in [0.25, 0.3) is 5.69 Å². The van der Waals surface area contributed by atoms with E-state index in [0.717, 1.165) is 28.4 Å². The van der Waals surface area contributed by atoms with Gasteiger partial charge >= 0.3 is 0 Å². The van der Waals surface area contributed by atoms with Crippen LogP contribution in [0.1, 0.15) is 58.6 Å². The number of benzene rings is 2. The number of amides is 1. The van der Waals surface area contributed by atoms with E-state index in [-0.39, 0.29) is 5.69 Å². The highest BCUT2D eigenvalue weighted by Gasteiger charge is 2.51. The lowest BCUT2D eigenvalue weighted by atomic mass is 9.65. The van der Waals surface area contributed by atoms with Gasteiger partial charge in [0.1, 0.15) is 6.33 Å². The number of hydrogen-bond donors (Lipinski definition) is 1. The van der Waals surface area contributed by atoms with Crippen molar-refractivity contribution in [3.8, 4) is 5.69 Å². The fourth-order valence-corrected chi connectivity index (χ4v) is 5.87. The first kappa shape index (κ1) is 17.9. The molecular weight excluding hydrogens is 396 g/mol. The van der Waals surface area contributed by atoms with Crippen molar-refractivity contribution in [2.24, 2.45) is 16.6 Å². The van der Waals surface area contributed by atoms with E-state index in [2.05, 4.69) is 23.2 Å².